The van der Waals surface area contributed by atoms with Gasteiger partial charge >= 0.3 is 86.2 Å². The summed E-state index contributed by atoms with van der Waals surface area (Å²) in [5.74, 6) is -21.1. The molecule has 0 heterocycles. The van der Waals surface area contributed by atoms with Crippen molar-refractivity contribution >= 4 is 175 Å². The topological polar surface area (TPSA) is 606 Å². The predicted octanol–water partition coefficient (Wildman–Crippen LogP) is 12.2. The molecule has 734 valence electrons. The fraction of sp³-hybridized carbons (Fsp3) is 0.218. The fourth-order valence-electron chi connectivity index (χ4n) is 10.4. The van der Waals surface area contributed by atoms with Gasteiger partial charge in [0.15, 0.2) is 0 Å². The van der Waals surface area contributed by atoms with E-state index >= 15 is 0 Å². The van der Waals surface area contributed by atoms with Gasteiger partial charge in [-0.2, -0.15) is 0 Å². The van der Waals surface area contributed by atoms with E-state index < -0.39 is 198 Å². The Morgan fingerprint density at radius 2 is 0.493 bits per heavy atom. The summed E-state index contributed by atoms with van der Waals surface area (Å²) in [4.78, 5) is 229. The van der Waals surface area contributed by atoms with Crippen LogP contribution in [0.2, 0.25) is 0 Å². The van der Waals surface area contributed by atoms with E-state index in [2.05, 4.69) is 45.5 Å². The van der Waals surface area contributed by atoms with Crippen LogP contribution in [0.4, 0.5) is 50.3 Å². The fourth-order valence-corrected chi connectivity index (χ4v) is 13.8. The molecule has 138 heavy (non-hydrogen) atoms. The Bertz CT molecular complexity index is 5430. The number of esters is 4. The lowest BCUT2D eigenvalue weighted by Gasteiger charge is -2.14. The van der Waals surface area contributed by atoms with Crippen molar-refractivity contribution in [3.05, 3.63) is 220 Å². The number of hydrogen-bond donors (Lipinski definition) is 11. The predicted molar refractivity (Wildman–Crippen MR) is 479 cm³/mol. The van der Waals surface area contributed by atoms with Crippen LogP contribution in [0.3, 0.4) is 0 Å². The van der Waals surface area contributed by atoms with E-state index in [-0.39, 0.29) is 102 Å². The van der Waals surface area contributed by atoms with E-state index in [4.69, 9.17) is 39.0 Å². The molecule has 0 aliphatic rings. The second-order valence-electron chi connectivity index (χ2n) is 26.5. The molecule has 5 atom stereocenters. The van der Waals surface area contributed by atoms with E-state index in [0.29, 0.717) is 77.0 Å². The Morgan fingerprint density at radius 3 is 0.696 bits per heavy atom. The number of nitrogens with one attached hydrogen (secondary N) is 5. The van der Waals surface area contributed by atoms with Gasteiger partial charge in [-0.25, -0.2) is 98.3 Å². The third kappa shape index (κ3) is 39.2. The Labute approximate surface area is 796 Å². The van der Waals surface area contributed by atoms with Gasteiger partial charge in [0.1, 0.15) is 122 Å². The van der Waals surface area contributed by atoms with Crippen LogP contribution in [0.1, 0.15) is 86.4 Å². The number of hydrogen-bond acceptors (Lipinski definition) is 34. The zero-order valence-corrected chi connectivity index (χ0v) is 76.8. The number of carboxylic acid groups (broad SMARTS) is 6. The van der Waals surface area contributed by atoms with Crippen molar-refractivity contribution in [2.24, 2.45) is 0 Å². The number of para-hydroxylation sites is 2. The average molecular weight is 2030 g/mol. The van der Waals surface area contributed by atoms with Crippen molar-refractivity contribution in [3.8, 4) is 62.1 Å². The molecule has 0 spiro atoms. The second-order valence-corrected chi connectivity index (χ2v) is 31.3. The molecule has 0 fully saturated rings. The summed E-state index contributed by atoms with van der Waals surface area (Å²) in [5.41, 5.74) is -0.967. The smallest absolute Gasteiger partial charge is 0.372 e. The molecule has 0 aliphatic heterocycles. The lowest BCUT2D eigenvalue weighted by Crippen LogP contribution is -2.42. The number of aliphatic carboxylic acids is 3. The maximum Gasteiger partial charge on any atom is 0.372 e. The second kappa shape index (κ2) is 57.3. The van der Waals surface area contributed by atoms with Gasteiger partial charge in [-0.05, 0) is 173 Å². The van der Waals surface area contributed by atoms with Crippen molar-refractivity contribution in [3.63, 3.8) is 0 Å². The first kappa shape index (κ1) is 115. The molecule has 5 amide bonds. The third-order valence-corrected chi connectivity index (χ3v) is 20.6. The average Bonchev–Trinajstić information content (AvgIpc) is 0.814. The highest BCUT2D eigenvalue weighted by molar-refractivity contribution is 8.14. The van der Waals surface area contributed by atoms with Crippen LogP contribution in [-0.2, 0) is 66.9 Å². The molecule has 0 saturated heterocycles. The molecular formula is C87H79F6N5O35S5. The lowest BCUT2D eigenvalue weighted by atomic mass is 10.0. The van der Waals surface area contributed by atoms with Gasteiger partial charge in [-0.15, -0.1) is 0 Å². The first-order valence-electron chi connectivity index (χ1n) is 38.3. The zero-order valence-electron chi connectivity index (χ0n) is 72.8. The van der Waals surface area contributed by atoms with E-state index in [1.54, 1.807) is 24.3 Å². The highest BCUT2D eigenvalue weighted by Crippen LogP contribution is 2.35. The van der Waals surface area contributed by atoms with Crippen LogP contribution in [0.25, 0.3) is 33.4 Å². The van der Waals surface area contributed by atoms with Gasteiger partial charge in [-0.1, -0.05) is 42.5 Å². The number of amides is 5. The van der Waals surface area contributed by atoms with Gasteiger partial charge in [0.05, 0.1) is 28.4 Å². The van der Waals surface area contributed by atoms with Gasteiger partial charge in [0.2, 0.25) is 29.5 Å². The van der Waals surface area contributed by atoms with Gasteiger partial charge < -0.3 is 99.9 Å². The normalized spacial score (nSPS) is 11.3. The molecule has 8 aromatic rings. The van der Waals surface area contributed by atoms with Crippen LogP contribution >= 0.6 is 58.8 Å². The van der Waals surface area contributed by atoms with Crippen LogP contribution in [0, 0.1) is 34.9 Å². The molecule has 51 heteroatoms. The van der Waals surface area contributed by atoms with E-state index in [0.717, 1.165) is 93.6 Å². The van der Waals surface area contributed by atoms with E-state index in [9.17, 15) is 138 Å². The quantitative estimate of drug-likeness (QED) is 0.0103. The summed E-state index contributed by atoms with van der Waals surface area (Å²) in [6, 6.07) is 25.0. The number of halogens is 6. The number of carboxylic acids is 6. The van der Waals surface area contributed by atoms with Crippen molar-refractivity contribution in [1.29, 1.82) is 0 Å². The molecule has 0 aliphatic carbocycles. The zero-order chi connectivity index (χ0) is 103. The summed E-state index contributed by atoms with van der Waals surface area (Å²) < 4.78 is 124. The molecule has 0 aromatic heterocycles. The molecule has 8 rings (SSSR count). The minimum atomic E-state index is -1.46. The number of rotatable bonds is 33. The Hall–Kier alpha value is -15.5. The molecule has 1 unspecified atom stereocenters. The SMILES string of the molecule is CC(=O)NC(CSC(=O)Oc1ccc(-c2ccc(F)cc2F)cc1C(=O)O)C(=O)O.CC(=O)N[C@@H](CSC(=O)Oc1ccc(-c2ccc(F)cc2F)cc1C(=O)O)C(=O)O.CC(=O)N[C@H](CSC(=O)Oc1ccc(-c2ccc(F)cc2F)cc1C(=O)O)C(=O)O.COC(=O)c1ccccc1OC(=O)SC[C@@H](NC(C)=O)C(=O)OC.COC(=O)c1ccccc1OC(=O)SC[C@H](NC(C)=O)C(=O)OC. The van der Waals surface area contributed by atoms with E-state index in [1.807, 2.05) is 0 Å². The molecule has 8 aromatic carbocycles. The largest absolute Gasteiger partial charge is 0.480 e. The molecular weight excluding hydrogens is 1950 g/mol. The van der Waals surface area contributed by atoms with Crippen molar-refractivity contribution < 1.29 is 196 Å². The van der Waals surface area contributed by atoms with Crippen LogP contribution in [0.15, 0.2) is 158 Å². The summed E-state index contributed by atoms with van der Waals surface area (Å²) in [5, 5.41) is 61.8. The van der Waals surface area contributed by atoms with Crippen molar-refractivity contribution in [1.82, 2.24) is 26.6 Å². The standard InChI is InChI=1S/3C19H15F2NO7S.2C15H17NO7S/c3*1-9(23)22-15(18(26)27)8-30-19(28)29-16-5-2-10(6-13(16)17(24)25)12-4-3-11(20)7-14(12)21;2*1-9(17)16-11(14(19)22-3)8-24-15(20)23-12-7-5-4-6-10(12)13(18)21-2/h3*2-7,15H,8H2,1H3,(H,22,23)(H,24,25)(H,26,27);2*4-7,11H,8H2,1-3H3,(H,16,17)/t2*15-;;2*11-/m10.10/s1. The third-order valence-electron chi connectivity index (χ3n) is 16.5. The summed E-state index contributed by atoms with van der Waals surface area (Å²) in [7, 11) is 4.77. The lowest BCUT2D eigenvalue weighted by molar-refractivity contribution is -0.144. The minimum Gasteiger partial charge on any atom is -0.480 e. The van der Waals surface area contributed by atoms with Gasteiger partial charge in [0.25, 0.3) is 0 Å². The first-order chi connectivity index (χ1) is 65.0. The first-order valence-corrected chi connectivity index (χ1v) is 43.2. The van der Waals surface area contributed by atoms with Gasteiger partial charge in [-0.3, -0.25) is 24.0 Å². The molecule has 40 nitrogen and oxygen atoms in total. The number of carbonyl (C=O) groups is 20. The Balaban J connectivity index is 0.000000362. The highest BCUT2D eigenvalue weighted by atomic mass is 32.2. The number of carbonyl (C=O) groups excluding carboxylic acids is 14. The highest BCUT2D eigenvalue weighted by Gasteiger charge is 2.31. The molecule has 0 saturated carbocycles. The number of ether oxygens (including phenoxy) is 9. The molecule has 0 bridgehead atoms. The maximum atomic E-state index is 14.0. The molecule has 0 radical (unpaired) electrons. The van der Waals surface area contributed by atoms with Gasteiger partial charge in [0, 0.05) is 98.3 Å². The van der Waals surface area contributed by atoms with Crippen molar-refractivity contribution in [2.45, 2.75) is 64.8 Å². The number of methoxy groups -OCH3 is 4. The summed E-state index contributed by atoms with van der Waals surface area (Å²) in [6.07, 6.45) is 0. The Morgan fingerprint density at radius 1 is 0.275 bits per heavy atom. The minimum absolute atomic E-state index is 0.0380. The molecule has 11 N–H and O–H groups in total. The Kier molecular flexibility index (Phi) is 47.6. The van der Waals surface area contributed by atoms with E-state index in [1.165, 1.54) is 84.8 Å². The summed E-state index contributed by atoms with van der Waals surface area (Å²) in [6.45, 7) is 5.83. The number of thioether (sulfide) groups is 5. The van der Waals surface area contributed by atoms with Crippen molar-refractivity contribution in [2.75, 3.05) is 57.2 Å². The summed E-state index contributed by atoms with van der Waals surface area (Å²) >= 11 is 2.60. The number of benzene rings is 8. The number of aromatic carboxylic acids is 3. The monoisotopic (exact) mass is 2030 g/mol. The van der Waals surface area contributed by atoms with Crippen LogP contribution in [-0.4, -0.2) is 234 Å². The van der Waals surface area contributed by atoms with Crippen LogP contribution in [0.5, 0.6) is 28.7 Å². The van der Waals surface area contributed by atoms with Crippen LogP contribution < -0.4 is 50.3 Å². The maximum absolute atomic E-state index is 14.0.